The van der Waals surface area contributed by atoms with Crippen molar-refractivity contribution in [2.45, 2.75) is 6.92 Å². The Labute approximate surface area is 140 Å². The van der Waals surface area contributed by atoms with E-state index in [-0.39, 0.29) is 11.7 Å². The Kier molecular flexibility index (Phi) is 4.43. The van der Waals surface area contributed by atoms with Crippen molar-refractivity contribution in [1.82, 2.24) is 4.98 Å². The molecule has 120 valence electrons. The van der Waals surface area contributed by atoms with Crippen molar-refractivity contribution >= 4 is 17.4 Å². The van der Waals surface area contributed by atoms with Crippen molar-refractivity contribution in [3.05, 3.63) is 78.0 Å². The van der Waals surface area contributed by atoms with Gasteiger partial charge in [0, 0.05) is 11.9 Å². The number of para-hydroxylation sites is 1. The number of aromatic nitrogens is 1. The summed E-state index contributed by atoms with van der Waals surface area (Å²) in [5.41, 5.74) is 7.62. The molecule has 0 aliphatic heterocycles. The van der Waals surface area contributed by atoms with Crippen molar-refractivity contribution in [3.63, 3.8) is 0 Å². The zero-order valence-electron chi connectivity index (χ0n) is 13.2. The second kappa shape index (κ2) is 6.83. The topological polar surface area (TPSA) is 77.2 Å². The third-order valence-electron chi connectivity index (χ3n) is 3.51. The monoisotopic (exact) mass is 319 g/mol. The number of benzene rings is 2. The molecule has 24 heavy (non-hydrogen) atoms. The maximum absolute atomic E-state index is 12.4. The largest absolute Gasteiger partial charge is 0.457 e. The molecule has 5 nitrogen and oxygen atoms in total. The first-order chi connectivity index (χ1) is 11.6. The van der Waals surface area contributed by atoms with Crippen LogP contribution in [0.1, 0.15) is 15.9 Å². The molecular weight excluding hydrogens is 302 g/mol. The quantitative estimate of drug-likeness (QED) is 0.761. The smallest absolute Gasteiger partial charge is 0.259 e. The number of ether oxygens (including phenoxy) is 1. The van der Waals surface area contributed by atoms with E-state index >= 15 is 0 Å². The highest BCUT2D eigenvalue weighted by Crippen LogP contribution is 2.23. The van der Waals surface area contributed by atoms with Gasteiger partial charge in [-0.2, -0.15) is 0 Å². The molecule has 0 fully saturated rings. The summed E-state index contributed by atoms with van der Waals surface area (Å²) in [7, 11) is 0. The minimum Gasteiger partial charge on any atom is -0.457 e. The Bertz CT molecular complexity index is 826. The predicted molar refractivity (Wildman–Crippen MR) is 94.3 cm³/mol. The molecule has 0 aliphatic rings. The number of nitrogens with two attached hydrogens (primary N) is 1. The number of pyridine rings is 1. The van der Waals surface area contributed by atoms with E-state index in [0.29, 0.717) is 17.0 Å². The van der Waals surface area contributed by atoms with Crippen LogP contribution in [0.5, 0.6) is 11.5 Å². The Balaban J connectivity index is 1.71. The third kappa shape index (κ3) is 3.52. The lowest BCUT2D eigenvalue weighted by molar-refractivity contribution is 0.102. The Morgan fingerprint density at radius 1 is 1.00 bits per heavy atom. The van der Waals surface area contributed by atoms with Crippen LogP contribution in [0.4, 0.5) is 11.5 Å². The number of nitrogens with one attached hydrogen (secondary N) is 1. The third-order valence-corrected chi connectivity index (χ3v) is 3.51. The van der Waals surface area contributed by atoms with E-state index in [2.05, 4.69) is 10.3 Å². The first-order valence-electron chi connectivity index (χ1n) is 7.49. The number of carbonyl (C=O) groups excluding carboxylic acids is 1. The fraction of sp³-hybridized carbons (Fsp3) is 0.0526. The fourth-order valence-corrected chi connectivity index (χ4v) is 2.30. The van der Waals surface area contributed by atoms with E-state index < -0.39 is 0 Å². The van der Waals surface area contributed by atoms with Crippen LogP contribution in [0, 0.1) is 6.92 Å². The summed E-state index contributed by atoms with van der Waals surface area (Å²) in [6.45, 7) is 1.82. The molecule has 0 atom stereocenters. The predicted octanol–water partition coefficient (Wildman–Crippen LogP) is 4.02. The maximum Gasteiger partial charge on any atom is 0.259 e. The Hall–Kier alpha value is -3.34. The van der Waals surface area contributed by atoms with Crippen molar-refractivity contribution in [3.8, 4) is 11.5 Å². The number of amides is 1. The highest BCUT2D eigenvalue weighted by Gasteiger charge is 2.13. The van der Waals surface area contributed by atoms with Crippen LogP contribution in [0.25, 0.3) is 0 Å². The fourth-order valence-electron chi connectivity index (χ4n) is 2.30. The van der Waals surface area contributed by atoms with E-state index in [1.165, 1.54) is 0 Å². The average molecular weight is 319 g/mol. The van der Waals surface area contributed by atoms with E-state index in [0.717, 1.165) is 11.3 Å². The summed E-state index contributed by atoms with van der Waals surface area (Å²) in [5.74, 6) is 1.38. The van der Waals surface area contributed by atoms with Gasteiger partial charge in [0.1, 0.15) is 17.3 Å². The standard InChI is InChI=1S/C19H17N3O2/c1-13-11-12-21-18(20)17(13)19(23)22-14-7-9-16(10-8-14)24-15-5-3-2-4-6-15/h2-12H,1H3,(H2,20,21)(H,22,23). The summed E-state index contributed by atoms with van der Waals surface area (Å²) >= 11 is 0. The number of rotatable bonds is 4. The SMILES string of the molecule is Cc1ccnc(N)c1C(=O)Nc1ccc(Oc2ccccc2)cc1. The van der Waals surface area contributed by atoms with Crippen LogP contribution >= 0.6 is 0 Å². The molecule has 0 saturated heterocycles. The molecule has 0 radical (unpaired) electrons. The summed E-state index contributed by atoms with van der Waals surface area (Å²) in [4.78, 5) is 16.3. The number of aryl methyl sites for hydroxylation is 1. The molecule has 5 heteroatoms. The molecule has 1 amide bonds. The molecule has 2 aromatic carbocycles. The molecule has 1 aromatic heterocycles. The van der Waals surface area contributed by atoms with Crippen LogP contribution in [0.15, 0.2) is 66.9 Å². The van der Waals surface area contributed by atoms with E-state index in [1.54, 1.807) is 36.5 Å². The molecule has 0 saturated carbocycles. The first kappa shape index (κ1) is 15.6. The number of nitrogens with zero attached hydrogens (tertiary/aromatic N) is 1. The highest BCUT2D eigenvalue weighted by atomic mass is 16.5. The van der Waals surface area contributed by atoms with Gasteiger partial charge in [-0.25, -0.2) is 4.98 Å². The van der Waals surface area contributed by atoms with Gasteiger partial charge in [0.2, 0.25) is 0 Å². The van der Waals surface area contributed by atoms with Gasteiger partial charge in [-0.05, 0) is 55.0 Å². The molecule has 0 aliphatic carbocycles. The Morgan fingerprint density at radius 3 is 2.33 bits per heavy atom. The first-order valence-corrected chi connectivity index (χ1v) is 7.49. The average Bonchev–Trinajstić information content (AvgIpc) is 2.57. The van der Waals surface area contributed by atoms with Gasteiger partial charge in [-0.15, -0.1) is 0 Å². The second-order valence-corrected chi connectivity index (χ2v) is 5.28. The van der Waals surface area contributed by atoms with Crippen molar-refractivity contribution in [2.75, 3.05) is 11.1 Å². The summed E-state index contributed by atoms with van der Waals surface area (Å²) in [6.07, 6.45) is 1.58. The second-order valence-electron chi connectivity index (χ2n) is 5.28. The van der Waals surface area contributed by atoms with E-state index in [4.69, 9.17) is 10.5 Å². The molecule has 3 N–H and O–H groups in total. The number of anilines is 2. The lowest BCUT2D eigenvalue weighted by Crippen LogP contribution is -2.16. The maximum atomic E-state index is 12.4. The van der Waals surface area contributed by atoms with Crippen LogP contribution in [0.2, 0.25) is 0 Å². The van der Waals surface area contributed by atoms with Gasteiger partial charge < -0.3 is 15.8 Å². The van der Waals surface area contributed by atoms with Crippen LogP contribution in [0.3, 0.4) is 0 Å². The van der Waals surface area contributed by atoms with Gasteiger partial charge in [-0.3, -0.25) is 4.79 Å². The van der Waals surface area contributed by atoms with E-state index in [1.807, 2.05) is 37.3 Å². The highest BCUT2D eigenvalue weighted by molar-refractivity contribution is 6.08. The molecule has 3 rings (SSSR count). The summed E-state index contributed by atoms with van der Waals surface area (Å²) < 4.78 is 5.72. The van der Waals surface area contributed by atoms with Gasteiger partial charge in [0.25, 0.3) is 5.91 Å². The van der Waals surface area contributed by atoms with Gasteiger partial charge in [0.05, 0.1) is 5.56 Å². The minimum absolute atomic E-state index is 0.219. The summed E-state index contributed by atoms with van der Waals surface area (Å²) in [6, 6.07) is 18.4. The van der Waals surface area contributed by atoms with Crippen molar-refractivity contribution < 1.29 is 9.53 Å². The van der Waals surface area contributed by atoms with Crippen molar-refractivity contribution in [1.29, 1.82) is 0 Å². The number of carbonyl (C=O) groups is 1. The van der Waals surface area contributed by atoms with Crippen LogP contribution in [-0.4, -0.2) is 10.9 Å². The number of hydrogen-bond donors (Lipinski definition) is 2. The lowest BCUT2D eigenvalue weighted by Gasteiger charge is -2.10. The van der Waals surface area contributed by atoms with Crippen LogP contribution < -0.4 is 15.8 Å². The molecule has 1 heterocycles. The van der Waals surface area contributed by atoms with Gasteiger partial charge in [-0.1, -0.05) is 18.2 Å². The van der Waals surface area contributed by atoms with Gasteiger partial charge >= 0.3 is 0 Å². The normalized spacial score (nSPS) is 10.2. The molecule has 0 unspecified atom stereocenters. The van der Waals surface area contributed by atoms with E-state index in [9.17, 15) is 4.79 Å². The van der Waals surface area contributed by atoms with Gasteiger partial charge in [0.15, 0.2) is 0 Å². The van der Waals surface area contributed by atoms with Crippen molar-refractivity contribution in [2.24, 2.45) is 0 Å². The molecule has 0 spiro atoms. The lowest BCUT2D eigenvalue weighted by atomic mass is 10.1. The molecule has 0 bridgehead atoms. The minimum atomic E-state index is -0.283. The zero-order valence-corrected chi connectivity index (χ0v) is 13.2. The number of nitrogen functional groups attached to an aromatic ring is 1. The molecular formula is C19H17N3O2. The number of hydrogen-bond acceptors (Lipinski definition) is 4. The summed E-state index contributed by atoms with van der Waals surface area (Å²) in [5, 5.41) is 2.82. The van der Waals surface area contributed by atoms with Crippen LogP contribution in [-0.2, 0) is 0 Å². The zero-order chi connectivity index (χ0) is 16.9. The Morgan fingerprint density at radius 2 is 1.67 bits per heavy atom. The molecule has 3 aromatic rings.